The molecule has 0 fully saturated rings. The average molecular weight is 650 g/mol. The molecule has 0 heterocycles. The molecule has 13 nitrogen and oxygen atoms in total. The van der Waals surface area contributed by atoms with E-state index in [1.54, 1.807) is 6.92 Å². The van der Waals surface area contributed by atoms with Crippen LogP contribution in [0.4, 0.5) is 27.2 Å². The molecule has 0 radical (unpaired) electrons. The molecule has 0 rings (SSSR count). The fourth-order valence-electron chi connectivity index (χ4n) is 1.24. The van der Waals surface area contributed by atoms with Crippen molar-refractivity contribution < 1.29 is 132 Å². The first-order valence-corrected chi connectivity index (χ1v) is 12.9. The maximum absolute atomic E-state index is 12.3. The Kier molecular flexibility index (Phi) is 35.6. The molecule has 0 saturated heterocycles. The zero-order chi connectivity index (χ0) is 29.8. The van der Waals surface area contributed by atoms with E-state index >= 15 is 0 Å². The fraction of sp³-hybridized carbons (Fsp3) is 0.875. The second-order valence-corrected chi connectivity index (χ2v) is 8.92. The number of aliphatic hydroxyl groups is 1. The maximum atomic E-state index is 12.3. The van der Waals surface area contributed by atoms with Crippen molar-refractivity contribution in [2.75, 3.05) is 46.1 Å². The first-order valence-electron chi connectivity index (χ1n) is 9.75. The van der Waals surface area contributed by atoms with E-state index in [9.17, 15) is 53.1 Å². The molecule has 22 heteroatoms. The normalized spacial score (nSPS) is 10.9. The number of carbonyl (C=O) groups excluding carboxylic acids is 2. The first-order chi connectivity index (χ1) is 16.1. The van der Waals surface area contributed by atoms with E-state index in [0.29, 0.717) is 6.61 Å². The molecule has 0 atom stereocenters. The number of carbonyl (C=O) groups is 2. The summed E-state index contributed by atoms with van der Waals surface area (Å²) in [6, 6.07) is 0. The van der Waals surface area contributed by atoms with E-state index in [4.69, 9.17) is 16.7 Å². The Bertz CT molecular complexity index is 816. The summed E-state index contributed by atoms with van der Waals surface area (Å²) in [6.45, 7) is 9.62. The molecule has 0 aliphatic rings. The van der Waals surface area contributed by atoms with Gasteiger partial charge in [0.25, 0.3) is 0 Å². The predicted molar refractivity (Wildman–Crippen MR) is 116 cm³/mol. The molecule has 38 heavy (non-hydrogen) atoms. The van der Waals surface area contributed by atoms with Crippen LogP contribution in [0.25, 0.3) is 0 Å². The quantitative estimate of drug-likeness (QED) is 0.0794. The van der Waals surface area contributed by atoms with E-state index in [-0.39, 0.29) is 65.7 Å². The monoisotopic (exact) mass is 649 g/mol. The second kappa shape index (κ2) is 26.4. The van der Waals surface area contributed by atoms with Crippen molar-refractivity contribution in [2.45, 2.75) is 45.1 Å². The minimum Gasteiger partial charge on any atom is -0.743 e. The van der Waals surface area contributed by atoms with Crippen molar-refractivity contribution >= 4 is 43.4 Å². The third-order valence-electron chi connectivity index (χ3n) is 3.14. The molecule has 0 amide bonds. The van der Waals surface area contributed by atoms with Crippen LogP contribution in [0.15, 0.2) is 0 Å². The van der Waals surface area contributed by atoms with Crippen molar-refractivity contribution in [1.82, 2.24) is 4.90 Å². The Hall–Kier alpha value is 0.490. The summed E-state index contributed by atoms with van der Waals surface area (Å²) < 4.78 is 117. The van der Waals surface area contributed by atoms with Crippen LogP contribution >= 0.6 is 11.6 Å². The van der Waals surface area contributed by atoms with Gasteiger partial charge < -0.3 is 33.3 Å². The Morgan fingerprint density at radius 2 is 1.13 bits per heavy atom. The molecule has 0 spiro atoms. The van der Waals surface area contributed by atoms with Gasteiger partial charge in [-0.2, -0.15) is 17.6 Å². The van der Waals surface area contributed by atoms with Gasteiger partial charge in [0.2, 0.25) is 0 Å². The van der Waals surface area contributed by atoms with Gasteiger partial charge in [-0.15, -0.1) is 0 Å². The number of aliphatic hydroxyl groups excluding tert-OH is 1. The predicted octanol–water partition coefficient (Wildman–Crippen LogP) is -3.85. The van der Waals surface area contributed by atoms with Crippen LogP contribution in [0.1, 0.15) is 34.6 Å². The van der Waals surface area contributed by atoms with Crippen LogP contribution in [-0.4, -0.2) is 104 Å². The van der Waals surface area contributed by atoms with Crippen LogP contribution in [0.3, 0.4) is 0 Å². The smallest absolute Gasteiger partial charge is 0.743 e. The second-order valence-electron chi connectivity index (χ2n) is 5.60. The van der Waals surface area contributed by atoms with Gasteiger partial charge in [-0.3, -0.25) is 0 Å². The Morgan fingerprint density at radius 1 is 0.789 bits per heavy atom. The minimum absolute atomic E-state index is 0. The van der Waals surface area contributed by atoms with Gasteiger partial charge >= 0.3 is 81.2 Å². The zero-order valence-corrected chi connectivity index (χ0v) is 28.4. The molecule has 0 aromatic heterocycles. The molecule has 0 bridgehead atoms. The van der Waals surface area contributed by atoms with E-state index in [0.717, 1.165) is 0 Å². The van der Waals surface area contributed by atoms with E-state index in [2.05, 4.69) is 39.9 Å². The van der Waals surface area contributed by atoms with Crippen LogP contribution in [0, 0.1) is 0 Å². The van der Waals surface area contributed by atoms with E-state index in [1.165, 1.54) is 26.6 Å². The van der Waals surface area contributed by atoms with Gasteiger partial charge in [0.1, 0.15) is 6.61 Å². The number of hydrogen-bond acceptors (Lipinski definition) is 13. The number of alkyl halides is 4. The summed E-state index contributed by atoms with van der Waals surface area (Å²) in [4.78, 5) is 22.3. The van der Waals surface area contributed by atoms with Crippen LogP contribution in [0.2, 0.25) is 0 Å². The third-order valence-corrected chi connectivity index (χ3v) is 4.95. The molecule has 0 aromatic carbocycles. The first kappa shape index (κ1) is 51.2. The summed E-state index contributed by atoms with van der Waals surface area (Å²) >= 11 is 4.72. The van der Waals surface area contributed by atoms with E-state index in [1.807, 2.05) is 0 Å². The van der Waals surface area contributed by atoms with Gasteiger partial charge in [-0.1, -0.05) is 20.8 Å². The molecular weight excluding hydrogens is 620 g/mol. The Labute approximate surface area is 268 Å². The number of nitrogens with zero attached hydrogens (tertiary/aromatic N) is 1. The number of hydrogen-bond donors (Lipinski definition) is 1. The molecule has 220 valence electrons. The van der Waals surface area contributed by atoms with Crippen LogP contribution in [0.5, 0.6) is 0 Å². The van der Waals surface area contributed by atoms with Crippen LogP contribution in [-0.2, 0) is 34.4 Å². The summed E-state index contributed by atoms with van der Waals surface area (Å²) in [5.41, 5.74) is -0.738. The Morgan fingerprint density at radius 3 is 1.26 bits per heavy atom. The minimum atomic E-state index is -5.83. The third kappa shape index (κ3) is 29.5. The molecule has 0 unspecified atom stereocenters. The summed E-state index contributed by atoms with van der Waals surface area (Å²) in [6.07, 6.45) is -1.46. The van der Waals surface area contributed by atoms with Crippen molar-refractivity contribution in [3.8, 4) is 0 Å². The van der Waals surface area contributed by atoms with Gasteiger partial charge in [-0.25, -0.2) is 26.4 Å². The maximum Gasteiger partial charge on any atom is 1.00 e. The average Bonchev–Trinajstić information content (AvgIpc) is 2.73. The van der Waals surface area contributed by atoms with E-state index < -0.39 is 55.5 Å². The van der Waals surface area contributed by atoms with Crippen molar-refractivity contribution in [3.63, 3.8) is 0 Å². The molecule has 0 aromatic rings. The molecule has 0 saturated carbocycles. The molecular formula is C16H30ClF4NNa2O12S2. The molecule has 0 aliphatic heterocycles. The number of rotatable bonds is 10. The topological polar surface area (TPSA) is 200 Å². The Balaban J connectivity index is -0.0000000934. The van der Waals surface area contributed by atoms with Gasteiger partial charge in [-0.05, 0) is 33.5 Å². The summed E-state index contributed by atoms with van der Waals surface area (Å²) in [5, 5.41) is -1.59. The molecule has 0 aliphatic carbocycles. The zero-order valence-electron chi connectivity index (χ0n) is 22.0. The fourth-order valence-corrected chi connectivity index (χ4v) is 1.71. The van der Waals surface area contributed by atoms with Crippen molar-refractivity contribution in [1.29, 1.82) is 0 Å². The van der Waals surface area contributed by atoms with Gasteiger partial charge in [0.05, 0.1) is 13.2 Å². The summed E-state index contributed by atoms with van der Waals surface area (Å²) in [7, 11) is -11.5. The van der Waals surface area contributed by atoms with Crippen LogP contribution < -0.4 is 59.1 Å². The standard InChI is InChI=1S/C6H15N.C5H8F2O6S.C3H5ClO2.C2H4F2O4S.2Na/c1-4-7(5-2)6-3;1-2-12-4(8)13-3-5(6,7)14(9,10)11;1-2-6-3(4)5;3-2(4,1-5)9(6,7)8;;/h4-6H2,1-3H3;2-3H2,1H3,(H,9,10,11);2H2,1H3;5H,1H2,(H,6,7,8);;/q;;;;2*+1/p-2. The van der Waals surface area contributed by atoms with Crippen molar-refractivity contribution in [3.05, 3.63) is 0 Å². The largest absolute Gasteiger partial charge is 1.00 e. The number of ether oxygens (including phenoxy) is 3. The molecule has 1 N–H and O–H groups in total. The SMILES string of the molecule is CCN(CC)CC.CCOC(=O)Cl.CCOC(=O)OCC(F)(F)S(=O)(=O)[O-].O=S(=O)([O-])C(F)(F)CO.[Na+].[Na+]. The van der Waals surface area contributed by atoms with Gasteiger partial charge in [0.15, 0.2) is 26.8 Å². The number of halogens is 5. The van der Waals surface area contributed by atoms with Gasteiger partial charge in [0, 0.05) is 11.6 Å². The summed E-state index contributed by atoms with van der Waals surface area (Å²) in [5.74, 6) is 0. The van der Waals surface area contributed by atoms with Crippen molar-refractivity contribution in [2.24, 2.45) is 0 Å².